The molecule has 0 saturated carbocycles. The fourth-order valence-corrected chi connectivity index (χ4v) is 2.49. The first-order chi connectivity index (χ1) is 9.77. The van der Waals surface area contributed by atoms with Crippen LogP contribution >= 0.6 is 0 Å². The van der Waals surface area contributed by atoms with Crippen molar-refractivity contribution in [2.24, 2.45) is 0 Å². The summed E-state index contributed by atoms with van der Waals surface area (Å²) < 4.78 is 0. The minimum Gasteiger partial charge on any atom is -0.309 e. The van der Waals surface area contributed by atoms with Crippen molar-refractivity contribution in [3.05, 3.63) is 12.2 Å². The third-order valence-electron chi connectivity index (χ3n) is 3.88. The van der Waals surface area contributed by atoms with Crippen LogP contribution in [0.4, 0.5) is 0 Å². The van der Waals surface area contributed by atoms with Crippen molar-refractivity contribution in [3.63, 3.8) is 0 Å². The molecule has 1 nitrogen and oxygen atoms in total. The maximum Gasteiger partial charge on any atom is 0.000980 e. The first-order valence-corrected chi connectivity index (χ1v) is 9.07. The predicted octanol–water partition coefficient (Wildman–Crippen LogP) is 6.20. The standard InChI is InChI=1S/C19H39N/c1-4-5-6-7-8-9-10-11-12-13-14-15-16-17-18-19-20(2)3/h16-17H,4-15,18-19H2,1-3H3. The molecule has 0 radical (unpaired) electrons. The molecule has 0 spiro atoms. The maximum atomic E-state index is 2.37. The minimum atomic E-state index is 1.18. The van der Waals surface area contributed by atoms with Crippen LogP contribution in [0.25, 0.3) is 0 Å². The van der Waals surface area contributed by atoms with Crippen LogP contribution < -0.4 is 0 Å². The lowest BCUT2D eigenvalue weighted by molar-refractivity contribution is 0.417. The van der Waals surface area contributed by atoms with E-state index in [2.05, 4.69) is 38.1 Å². The van der Waals surface area contributed by atoms with Crippen molar-refractivity contribution in [3.8, 4) is 0 Å². The van der Waals surface area contributed by atoms with E-state index in [9.17, 15) is 0 Å². The first kappa shape index (κ1) is 19.7. The maximum absolute atomic E-state index is 2.37. The van der Waals surface area contributed by atoms with Crippen molar-refractivity contribution in [1.29, 1.82) is 0 Å². The lowest BCUT2D eigenvalue weighted by Crippen LogP contribution is -2.11. The molecule has 0 aliphatic heterocycles. The van der Waals surface area contributed by atoms with E-state index in [1.165, 1.54) is 90.0 Å². The molecule has 0 aromatic heterocycles. The van der Waals surface area contributed by atoms with Gasteiger partial charge in [0.1, 0.15) is 0 Å². The smallest absolute Gasteiger partial charge is 0.000980 e. The molecule has 0 fully saturated rings. The van der Waals surface area contributed by atoms with Crippen molar-refractivity contribution < 1.29 is 0 Å². The van der Waals surface area contributed by atoms with Crippen molar-refractivity contribution >= 4 is 0 Å². The molecular weight excluding hydrogens is 242 g/mol. The van der Waals surface area contributed by atoms with Gasteiger partial charge < -0.3 is 4.90 Å². The number of rotatable bonds is 15. The number of hydrogen-bond acceptors (Lipinski definition) is 1. The Morgan fingerprint density at radius 2 is 1.05 bits per heavy atom. The highest BCUT2D eigenvalue weighted by Crippen LogP contribution is 2.12. The second-order valence-electron chi connectivity index (χ2n) is 6.39. The monoisotopic (exact) mass is 281 g/mol. The Labute approximate surface area is 128 Å². The summed E-state index contributed by atoms with van der Waals surface area (Å²) in [5.41, 5.74) is 0. The van der Waals surface area contributed by atoms with Gasteiger partial charge in [0.05, 0.1) is 0 Å². The van der Waals surface area contributed by atoms with Gasteiger partial charge in [-0.1, -0.05) is 83.3 Å². The largest absolute Gasteiger partial charge is 0.309 e. The van der Waals surface area contributed by atoms with Crippen molar-refractivity contribution in [2.45, 2.75) is 90.4 Å². The van der Waals surface area contributed by atoms with E-state index in [0.717, 1.165) is 0 Å². The third kappa shape index (κ3) is 17.7. The summed E-state index contributed by atoms with van der Waals surface area (Å²) in [7, 11) is 4.27. The van der Waals surface area contributed by atoms with Gasteiger partial charge in [-0.05, 0) is 33.4 Å². The summed E-state index contributed by atoms with van der Waals surface area (Å²) in [4.78, 5) is 2.24. The van der Waals surface area contributed by atoms with E-state index in [-0.39, 0.29) is 0 Å². The van der Waals surface area contributed by atoms with E-state index in [0.29, 0.717) is 0 Å². The molecule has 120 valence electrons. The molecule has 0 bridgehead atoms. The molecule has 0 atom stereocenters. The van der Waals surface area contributed by atoms with Crippen LogP contribution in [-0.4, -0.2) is 25.5 Å². The van der Waals surface area contributed by atoms with Gasteiger partial charge in [-0.3, -0.25) is 0 Å². The van der Waals surface area contributed by atoms with E-state index >= 15 is 0 Å². The van der Waals surface area contributed by atoms with Gasteiger partial charge >= 0.3 is 0 Å². The second-order valence-corrected chi connectivity index (χ2v) is 6.39. The van der Waals surface area contributed by atoms with Crippen molar-refractivity contribution in [1.82, 2.24) is 4.90 Å². The SMILES string of the molecule is CCCCCCCCCCCCCC=CCCN(C)C. The molecule has 0 heterocycles. The van der Waals surface area contributed by atoms with Crippen LogP contribution in [0.15, 0.2) is 12.2 Å². The van der Waals surface area contributed by atoms with E-state index in [1.807, 2.05) is 0 Å². The van der Waals surface area contributed by atoms with Gasteiger partial charge in [0.15, 0.2) is 0 Å². The van der Waals surface area contributed by atoms with Gasteiger partial charge in [0.25, 0.3) is 0 Å². The van der Waals surface area contributed by atoms with Crippen molar-refractivity contribution in [2.75, 3.05) is 20.6 Å². The number of allylic oxidation sites excluding steroid dienone is 1. The van der Waals surface area contributed by atoms with Gasteiger partial charge in [-0.25, -0.2) is 0 Å². The fourth-order valence-electron chi connectivity index (χ4n) is 2.49. The van der Waals surface area contributed by atoms with Gasteiger partial charge in [0.2, 0.25) is 0 Å². The molecule has 0 amide bonds. The molecular formula is C19H39N. The Morgan fingerprint density at radius 3 is 1.55 bits per heavy atom. The molecule has 0 N–H and O–H groups in total. The Morgan fingerprint density at radius 1 is 0.600 bits per heavy atom. The zero-order valence-corrected chi connectivity index (χ0v) is 14.5. The van der Waals surface area contributed by atoms with Crippen LogP contribution in [0.3, 0.4) is 0 Å². The van der Waals surface area contributed by atoms with Crippen LogP contribution in [0, 0.1) is 0 Å². The summed E-state index contributed by atoms with van der Waals surface area (Å²) in [6.07, 6.45) is 23.0. The Balaban J connectivity index is 3.02. The summed E-state index contributed by atoms with van der Waals surface area (Å²) in [6.45, 7) is 3.46. The highest BCUT2D eigenvalue weighted by Gasteiger charge is 1.92. The molecule has 0 aliphatic rings. The zero-order chi connectivity index (χ0) is 14.9. The lowest BCUT2D eigenvalue weighted by Gasteiger charge is -2.05. The highest BCUT2D eigenvalue weighted by atomic mass is 15.0. The Kier molecular flexibility index (Phi) is 16.5. The Hall–Kier alpha value is -0.300. The summed E-state index contributed by atoms with van der Waals surface area (Å²) >= 11 is 0. The van der Waals surface area contributed by atoms with E-state index in [4.69, 9.17) is 0 Å². The molecule has 0 aromatic rings. The molecule has 0 aliphatic carbocycles. The third-order valence-corrected chi connectivity index (χ3v) is 3.88. The summed E-state index contributed by atoms with van der Waals surface area (Å²) in [5, 5.41) is 0. The van der Waals surface area contributed by atoms with Crippen LogP contribution in [0.1, 0.15) is 90.4 Å². The fraction of sp³-hybridized carbons (Fsp3) is 0.895. The summed E-state index contributed by atoms with van der Waals surface area (Å²) in [6, 6.07) is 0. The molecule has 1 heteroatoms. The van der Waals surface area contributed by atoms with E-state index < -0.39 is 0 Å². The number of nitrogens with zero attached hydrogens (tertiary/aromatic N) is 1. The highest BCUT2D eigenvalue weighted by molar-refractivity contribution is 4.81. The molecule has 0 unspecified atom stereocenters. The lowest BCUT2D eigenvalue weighted by atomic mass is 10.1. The molecule has 0 rings (SSSR count). The molecule has 20 heavy (non-hydrogen) atoms. The van der Waals surface area contributed by atoms with Crippen LogP contribution in [0.5, 0.6) is 0 Å². The molecule has 0 aromatic carbocycles. The number of hydrogen-bond donors (Lipinski definition) is 0. The first-order valence-electron chi connectivity index (χ1n) is 9.07. The van der Waals surface area contributed by atoms with Gasteiger partial charge in [-0.2, -0.15) is 0 Å². The second kappa shape index (κ2) is 16.8. The molecule has 0 saturated heterocycles. The minimum absolute atomic E-state index is 1.18. The number of unbranched alkanes of at least 4 members (excludes halogenated alkanes) is 11. The van der Waals surface area contributed by atoms with Gasteiger partial charge in [-0.15, -0.1) is 0 Å². The predicted molar refractivity (Wildman–Crippen MR) is 93.4 cm³/mol. The Bertz CT molecular complexity index is 196. The normalized spacial score (nSPS) is 11.8. The van der Waals surface area contributed by atoms with Crippen LogP contribution in [0.2, 0.25) is 0 Å². The van der Waals surface area contributed by atoms with Gasteiger partial charge in [0, 0.05) is 6.54 Å². The topological polar surface area (TPSA) is 3.24 Å². The summed E-state index contributed by atoms with van der Waals surface area (Å²) in [5.74, 6) is 0. The average molecular weight is 282 g/mol. The zero-order valence-electron chi connectivity index (χ0n) is 14.5. The average Bonchev–Trinajstić information content (AvgIpc) is 2.43. The van der Waals surface area contributed by atoms with E-state index in [1.54, 1.807) is 0 Å². The van der Waals surface area contributed by atoms with Crippen LogP contribution in [-0.2, 0) is 0 Å². The quantitative estimate of drug-likeness (QED) is 0.255.